The number of nitrogens with zero attached hydrogens (tertiary/aromatic N) is 2. The van der Waals surface area contributed by atoms with Gasteiger partial charge in [-0.15, -0.1) is 0 Å². The van der Waals surface area contributed by atoms with Gasteiger partial charge in [-0.1, -0.05) is 0 Å². The van der Waals surface area contributed by atoms with Crippen molar-refractivity contribution in [3.05, 3.63) is 22.9 Å². The maximum Gasteiger partial charge on any atom is 0.256 e. The molecule has 1 aromatic rings. The fraction of sp³-hybridized carbons (Fsp3) is 0.600. The summed E-state index contributed by atoms with van der Waals surface area (Å²) in [5.41, 5.74) is 2.32. The van der Waals surface area contributed by atoms with Crippen LogP contribution in [0.5, 0.6) is 5.88 Å². The Labute approximate surface area is 125 Å². The lowest BCUT2D eigenvalue weighted by Crippen LogP contribution is -2.27. The molecule has 1 amide bonds. The monoisotopic (exact) mass is 293 g/mol. The first-order valence-corrected chi connectivity index (χ1v) is 7.31. The summed E-state index contributed by atoms with van der Waals surface area (Å²) in [4.78, 5) is 18.4. The number of pyridine rings is 1. The number of amides is 1. The lowest BCUT2D eigenvalue weighted by Gasteiger charge is -2.14. The van der Waals surface area contributed by atoms with E-state index in [1.165, 1.54) is 0 Å². The molecule has 1 aromatic heterocycles. The highest BCUT2D eigenvalue weighted by Crippen LogP contribution is 2.26. The Bertz CT molecular complexity index is 519. The number of methoxy groups -OCH3 is 1. The molecule has 0 spiro atoms. The lowest BCUT2D eigenvalue weighted by atomic mass is 10.1. The molecule has 0 saturated heterocycles. The highest BCUT2D eigenvalue weighted by Gasteiger charge is 2.29. The molecule has 0 bridgehead atoms. The van der Waals surface area contributed by atoms with E-state index in [1.54, 1.807) is 12.0 Å². The molecule has 2 heterocycles. The number of ether oxygens (including phenoxy) is 1. The Morgan fingerprint density at radius 3 is 2.95 bits per heavy atom. The normalized spacial score (nSPS) is 15.2. The summed E-state index contributed by atoms with van der Waals surface area (Å²) in [5.74, 6) is 0.593. The van der Waals surface area contributed by atoms with Gasteiger partial charge in [0, 0.05) is 31.3 Å². The van der Waals surface area contributed by atoms with Gasteiger partial charge in [-0.3, -0.25) is 4.79 Å². The number of carbonyl (C=O) groups excluding carboxylic acids is 1. The van der Waals surface area contributed by atoms with Crippen molar-refractivity contribution in [3.63, 3.8) is 0 Å². The van der Waals surface area contributed by atoms with Crippen LogP contribution in [0.2, 0.25) is 0 Å². The summed E-state index contributed by atoms with van der Waals surface area (Å²) in [7, 11) is 1.59. The molecule has 0 saturated carbocycles. The molecule has 2 rings (SSSR count). The predicted molar refractivity (Wildman–Crippen MR) is 79.2 cm³/mol. The largest absolute Gasteiger partial charge is 0.481 e. The number of fused-ring (bicyclic) bond motifs is 1. The van der Waals surface area contributed by atoms with Crippen molar-refractivity contribution >= 4 is 5.91 Å². The Kier molecular flexibility index (Phi) is 5.14. The summed E-state index contributed by atoms with van der Waals surface area (Å²) in [6.07, 6.45) is 0.684. The summed E-state index contributed by atoms with van der Waals surface area (Å²) in [6.45, 7) is 5.91. The molecular formula is C15H23N3O3. The molecule has 21 heavy (non-hydrogen) atoms. The van der Waals surface area contributed by atoms with Gasteiger partial charge in [0.1, 0.15) is 0 Å². The summed E-state index contributed by atoms with van der Waals surface area (Å²) >= 11 is 0. The molecule has 116 valence electrons. The zero-order chi connectivity index (χ0) is 15.4. The summed E-state index contributed by atoms with van der Waals surface area (Å²) < 4.78 is 5.34. The van der Waals surface area contributed by atoms with Crippen LogP contribution in [0.4, 0.5) is 0 Å². The highest BCUT2D eigenvalue weighted by molar-refractivity contribution is 5.98. The van der Waals surface area contributed by atoms with E-state index in [2.05, 4.69) is 10.3 Å². The second kappa shape index (κ2) is 6.87. The van der Waals surface area contributed by atoms with Gasteiger partial charge in [-0.25, -0.2) is 4.98 Å². The minimum absolute atomic E-state index is 0.0345. The van der Waals surface area contributed by atoms with Crippen molar-refractivity contribution < 1.29 is 14.6 Å². The maximum absolute atomic E-state index is 12.2. The molecule has 0 aromatic carbocycles. The van der Waals surface area contributed by atoms with Crippen molar-refractivity contribution in [1.82, 2.24) is 15.2 Å². The van der Waals surface area contributed by atoms with Crippen LogP contribution in [0.15, 0.2) is 6.07 Å². The average Bonchev–Trinajstić information content (AvgIpc) is 2.80. The molecule has 0 fully saturated rings. The minimum Gasteiger partial charge on any atom is -0.481 e. The van der Waals surface area contributed by atoms with Gasteiger partial charge < -0.3 is 20.1 Å². The first-order chi connectivity index (χ1) is 10.1. The van der Waals surface area contributed by atoms with Crippen LogP contribution in [-0.4, -0.2) is 47.2 Å². The number of nitrogens with one attached hydrogen (secondary N) is 1. The van der Waals surface area contributed by atoms with Crippen LogP contribution < -0.4 is 10.1 Å². The topological polar surface area (TPSA) is 74.7 Å². The van der Waals surface area contributed by atoms with Gasteiger partial charge in [0.2, 0.25) is 5.88 Å². The molecule has 0 radical (unpaired) electrons. The molecule has 1 aliphatic heterocycles. The Morgan fingerprint density at radius 2 is 2.33 bits per heavy atom. The van der Waals surface area contributed by atoms with Gasteiger partial charge in [0.05, 0.1) is 24.9 Å². The van der Waals surface area contributed by atoms with Crippen LogP contribution in [0, 0.1) is 0 Å². The third kappa shape index (κ3) is 3.33. The molecule has 2 N–H and O–H groups in total. The van der Waals surface area contributed by atoms with Gasteiger partial charge in [0.15, 0.2) is 0 Å². The maximum atomic E-state index is 12.2. The number of hydrogen-bond acceptors (Lipinski definition) is 5. The van der Waals surface area contributed by atoms with Crippen molar-refractivity contribution in [2.75, 3.05) is 20.3 Å². The molecule has 1 atom stereocenters. The van der Waals surface area contributed by atoms with Crippen LogP contribution in [0.3, 0.4) is 0 Å². The van der Waals surface area contributed by atoms with E-state index in [1.807, 2.05) is 19.9 Å². The van der Waals surface area contributed by atoms with E-state index in [9.17, 15) is 4.79 Å². The summed E-state index contributed by atoms with van der Waals surface area (Å²) in [5, 5.41) is 12.2. The lowest BCUT2D eigenvalue weighted by molar-refractivity contribution is 0.0786. The standard InChI is InChI=1S/C15H23N3O3/c1-4-18-9-13-12(15(18)20)7-11(14(17-13)21-3)8-16-10(2)5-6-19/h7,10,16,19H,4-6,8-9H2,1-3H3. The molecule has 6 nitrogen and oxygen atoms in total. The Balaban J connectivity index is 2.19. The smallest absolute Gasteiger partial charge is 0.256 e. The number of aliphatic hydroxyl groups excluding tert-OH is 1. The Morgan fingerprint density at radius 1 is 1.57 bits per heavy atom. The van der Waals surface area contributed by atoms with Gasteiger partial charge in [-0.2, -0.15) is 0 Å². The van der Waals surface area contributed by atoms with Crippen molar-refractivity contribution in [3.8, 4) is 5.88 Å². The first-order valence-electron chi connectivity index (χ1n) is 7.31. The number of hydrogen-bond donors (Lipinski definition) is 2. The molecular weight excluding hydrogens is 270 g/mol. The number of carbonyl (C=O) groups is 1. The molecule has 1 aliphatic rings. The van der Waals surface area contributed by atoms with Gasteiger partial charge in [0.25, 0.3) is 5.91 Å². The molecule has 0 aliphatic carbocycles. The van der Waals surface area contributed by atoms with E-state index < -0.39 is 0 Å². The quantitative estimate of drug-likeness (QED) is 0.782. The SMILES string of the molecule is CCN1Cc2nc(OC)c(CNC(C)CCO)cc2C1=O. The number of rotatable bonds is 7. The second-order valence-corrected chi connectivity index (χ2v) is 5.26. The van der Waals surface area contributed by atoms with E-state index >= 15 is 0 Å². The van der Waals surface area contributed by atoms with Crippen LogP contribution in [0.25, 0.3) is 0 Å². The third-order valence-electron chi connectivity index (χ3n) is 3.78. The van der Waals surface area contributed by atoms with Crippen molar-refractivity contribution in [2.24, 2.45) is 0 Å². The second-order valence-electron chi connectivity index (χ2n) is 5.26. The fourth-order valence-electron chi connectivity index (χ4n) is 2.44. The zero-order valence-corrected chi connectivity index (χ0v) is 12.8. The van der Waals surface area contributed by atoms with Crippen LogP contribution >= 0.6 is 0 Å². The van der Waals surface area contributed by atoms with Crippen LogP contribution in [0.1, 0.15) is 41.9 Å². The van der Waals surface area contributed by atoms with Crippen LogP contribution in [-0.2, 0) is 13.1 Å². The predicted octanol–water partition coefficient (Wildman–Crippen LogP) is 0.926. The van der Waals surface area contributed by atoms with Crippen molar-refractivity contribution in [1.29, 1.82) is 0 Å². The van der Waals surface area contributed by atoms with E-state index in [0.717, 1.165) is 11.3 Å². The van der Waals surface area contributed by atoms with Gasteiger partial charge >= 0.3 is 0 Å². The van der Waals surface area contributed by atoms with E-state index in [4.69, 9.17) is 9.84 Å². The minimum atomic E-state index is 0.0345. The molecule has 6 heteroatoms. The van der Waals surface area contributed by atoms with E-state index in [0.29, 0.717) is 37.5 Å². The zero-order valence-electron chi connectivity index (χ0n) is 12.8. The number of aromatic nitrogens is 1. The Hall–Kier alpha value is -1.66. The van der Waals surface area contributed by atoms with E-state index in [-0.39, 0.29) is 18.6 Å². The first kappa shape index (κ1) is 15.7. The number of aliphatic hydroxyl groups is 1. The fourth-order valence-corrected chi connectivity index (χ4v) is 2.44. The van der Waals surface area contributed by atoms with Gasteiger partial charge in [-0.05, 0) is 26.3 Å². The highest BCUT2D eigenvalue weighted by atomic mass is 16.5. The average molecular weight is 293 g/mol. The molecule has 1 unspecified atom stereocenters. The van der Waals surface area contributed by atoms with Crippen molar-refractivity contribution in [2.45, 2.75) is 39.4 Å². The summed E-state index contributed by atoms with van der Waals surface area (Å²) in [6, 6.07) is 2.06. The third-order valence-corrected chi connectivity index (χ3v) is 3.78.